The van der Waals surface area contributed by atoms with Crippen LogP contribution in [0, 0.1) is 0 Å². The first-order valence-corrected chi connectivity index (χ1v) is 10.7. The molecule has 0 fully saturated rings. The van der Waals surface area contributed by atoms with Gasteiger partial charge in [-0.15, -0.1) is 12.4 Å². The molecule has 0 aromatic heterocycles. The molecule has 1 heterocycles. The highest BCUT2D eigenvalue weighted by molar-refractivity contribution is 5.85. The summed E-state index contributed by atoms with van der Waals surface area (Å²) in [4.78, 5) is 13.0. The molecule has 1 aliphatic carbocycles. The summed E-state index contributed by atoms with van der Waals surface area (Å²) in [5.41, 5.74) is 0.835. The van der Waals surface area contributed by atoms with E-state index in [1.165, 1.54) is 0 Å². The van der Waals surface area contributed by atoms with Crippen LogP contribution in [0.1, 0.15) is 41.2 Å². The van der Waals surface area contributed by atoms with Gasteiger partial charge in [-0.3, -0.25) is 0 Å². The fourth-order valence-corrected chi connectivity index (χ4v) is 4.29. The Morgan fingerprint density at radius 3 is 2.36 bits per heavy atom. The van der Waals surface area contributed by atoms with E-state index in [1.54, 1.807) is 35.4 Å². The van der Waals surface area contributed by atoms with E-state index in [0.717, 1.165) is 28.3 Å². The minimum Gasteiger partial charge on any atom is -0.489 e. The quantitative estimate of drug-likeness (QED) is 0.418. The van der Waals surface area contributed by atoms with E-state index >= 15 is 0 Å². The van der Waals surface area contributed by atoms with E-state index in [2.05, 4.69) is 0 Å². The zero-order chi connectivity index (χ0) is 25.5. The van der Waals surface area contributed by atoms with Crippen LogP contribution in [0.5, 0.6) is 5.75 Å². The Kier molecular flexibility index (Phi) is 7.69. The molecule has 194 valence electrons. The van der Waals surface area contributed by atoms with Gasteiger partial charge in [-0.25, -0.2) is 4.79 Å². The number of hydrogen-bond donors (Lipinski definition) is 1. The van der Waals surface area contributed by atoms with E-state index in [0.29, 0.717) is 31.2 Å². The molecule has 1 unspecified atom stereocenters. The van der Waals surface area contributed by atoms with Crippen molar-refractivity contribution >= 4 is 23.9 Å². The number of fused-ring (bicyclic) bond motifs is 1. The zero-order valence-corrected chi connectivity index (χ0v) is 19.7. The predicted octanol–water partition coefficient (Wildman–Crippen LogP) is 6.73. The summed E-state index contributed by atoms with van der Waals surface area (Å²) in [5, 5.41) is 9.20. The smallest absolute Gasteiger partial charge is 0.416 e. The summed E-state index contributed by atoms with van der Waals surface area (Å²) in [7, 11) is 0. The second-order valence-corrected chi connectivity index (χ2v) is 8.50. The van der Waals surface area contributed by atoms with Gasteiger partial charge in [-0.05, 0) is 78.6 Å². The van der Waals surface area contributed by atoms with Crippen molar-refractivity contribution in [1.82, 2.24) is 4.90 Å². The van der Waals surface area contributed by atoms with Crippen molar-refractivity contribution in [1.29, 1.82) is 0 Å². The van der Waals surface area contributed by atoms with Gasteiger partial charge in [0.05, 0.1) is 11.1 Å². The number of ether oxygens (including phenoxy) is 1. The number of carboxylic acid groups (broad SMARTS) is 1. The van der Waals surface area contributed by atoms with E-state index in [1.807, 2.05) is 6.92 Å². The van der Waals surface area contributed by atoms with Crippen LogP contribution in [0.3, 0.4) is 0 Å². The molecule has 0 amide bonds. The fourth-order valence-electron chi connectivity index (χ4n) is 4.29. The summed E-state index contributed by atoms with van der Waals surface area (Å²) in [6.45, 7) is 1.89. The molecule has 2 aromatic carbocycles. The Labute approximate surface area is 209 Å². The molecule has 0 spiro atoms. The Morgan fingerprint density at radius 1 is 1.06 bits per heavy atom. The first-order valence-electron chi connectivity index (χ1n) is 10.7. The topological polar surface area (TPSA) is 49.8 Å². The van der Waals surface area contributed by atoms with Gasteiger partial charge in [-0.2, -0.15) is 26.3 Å². The number of benzene rings is 2. The number of carboxylic acids is 1. The van der Waals surface area contributed by atoms with Gasteiger partial charge in [0.15, 0.2) is 0 Å². The standard InChI is InChI=1S/C25H21F6NO3.ClH/c1-14-16(12-32-9-8-22(32)23(33)34)3-2-15-10-19(6-7-20(14)15)35-13-17-4-5-18(24(26,27)28)11-21(17)25(29,30)31;/h4-11,22H,2-3,12-13H2,1H3,(H,33,34);1H. The molecule has 2 aromatic rings. The molecule has 0 radical (unpaired) electrons. The van der Waals surface area contributed by atoms with Crippen LogP contribution in [-0.2, 0) is 30.2 Å². The third-order valence-corrected chi connectivity index (χ3v) is 6.29. The lowest BCUT2D eigenvalue weighted by atomic mass is 9.85. The number of hydrogen-bond acceptors (Lipinski definition) is 3. The van der Waals surface area contributed by atoms with Gasteiger partial charge in [0, 0.05) is 12.1 Å². The maximum Gasteiger partial charge on any atom is 0.416 e. The number of nitrogens with zero attached hydrogens (tertiary/aromatic N) is 1. The monoisotopic (exact) mass is 533 g/mol. The molecule has 0 saturated carbocycles. The van der Waals surface area contributed by atoms with Crippen LogP contribution in [0.2, 0.25) is 0 Å². The van der Waals surface area contributed by atoms with Crippen molar-refractivity contribution in [3.63, 3.8) is 0 Å². The number of allylic oxidation sites excluding steroid dienone is 1. The van der Waals surface area contributed by atoms with Gasteiger partial charge < -0.3 is 14.7 Å². The molecule has 0 bridgehead atoms. The van der Waals surface area contributed by atoms with Crippen molar-refractivity contribution in [3.05, 3.63) is 82.1 Å². The lowest BCUT2D eigenvalue weighted by Crippen LogP contribution is -2.43. The molecule has 2 aliphatic rings. The molecule has 4 nitrogen and oxygen atoms in total. The third kappa shape index (κ3) is 5.64. The second-order valence-electron chi connectivity index (χ2n) is 8.50. The molecule has 36 heavy (non-hydrogen) atoms. The van der Waals surface area contributed by atoms with Crippen LogP contribution >= 0.6 is 12.4 Å². The van der Waals surface area contributed by atoms with E-state index < -0.39 is 47.7 Å². The fraction of sp³-hybridized carbons (Fsp3) is 0.320. The van der Waals surface area contributed by atoms with Gasteiger partial charge in [0.25, 0.3) is 0 Å². The molecular weight excluding hydrogens is 512 g/mol. The molecular formula is C25H22ClF6NO3. The van der Waals surface area contributed by atoms with Crippen LogP contribution in [0.4, 0.5) is 26.3 Å². The summed E-state index contributed by atoms with van der Waals surface area (Å²) >= 11 is 0. The molecule has 1 N–H and O–H groups in total. The van der Waals surface area contributed by atoms with Crippen LogP contribution in [-0.4, -0.2) is 28.6 Å². The van der Waals surface area contributed by atoms with Crippen molar-refractivity contribution in [2.24, 2.45) is 0 Å². The number of aliphatic carboxylic acids is 1. The van der Waals surface area contributed by atoms with Crippen molar-refractivity contribution in [2.45, 2.75) is 44.8 Å². The third-order valence-electron chi connectivity index (χ3n) is 6.29. The average Bonchev–Trinajstić information content (AvgIpc) is 2.74. The zero-order valence-electron chi connectivity index (χ0n) is 18.9. The van der Waals surface area contributed by atoms with Crippen LogP contribution in [0.25, 0.3) is 5.57 Å². The number of carbonyl (C=O) groups is 1. The minimum absolute atomic E-state index is 0. The number of rotatable bonds is 6. The van der Waals surface area contributed by atoms with Gasteiger partial charge in [0.1, 0.15) is 18.4 Å². The maximum absolute atomic E-state index is 13.4. The van der Waals surface area contributed by atoms with Crippen molar-refractivity contribution in [3.8, 4) is 5.75 Å². The van der Waals surface area contributed by atoms with Crippen LogP contribution in [0.15, 0.2) is 54.2 Å². The highest BCUT2D eigenvalue weighted by Gasteiger charge is 2.38. The Hall–Kier alpha value is -3.14. The van der Waals surface area contributed by atoms with Crippen molar-refractivity contribution < 1.29 is 41.0 Å². The van der Waals surface area contributed by atoms with Gasteiger partial charge in [0.2, 0.25) is 0 Å². The Balaban J connectivity index is 0.00000361. The summed E-state index contributed by atoms with van der Waals surface area (Å²) in [6.07, 6.45) is -5.16. The Morgan fingerprint density at radius 2 is 1.78 bits per heavy atom. The number of halogens is 7. The number of aryl methyl sites for hydroxylation is 1. The molecule has 0 saturated heterocycles. The largest absolute Gasteiger partial charge is 0.489 e. The summed E-state index contributed by atoms with van der Waals surface area (Å²) in [5.74, 6) is -0.602. The lowest BCUT2D eigenvalue weighted by Gasteiger charge is -2.35. The van der Waals surface area contributed by atoms with E-state index in [-0.39, 0.29) is 18.5 Å². The second kappa shape index (κ2) is 10.1. The molecule has 4 rings (SSSR count). The first kappa shape index (κ1) is 27.4. The maximum atomic E-state index is 13.4. The lowest BCUT2D eigenvalue weighted by molar-refractivity contribution is -0.144. The number of alkyl halides is 6. The minimum atomic E-state index is -4.96. The molecule has 11 heteroatoms. The molecule has 1 atom stereocenters. The van der Waals surface area contributed by atoms with Gasteiger partial charge >= 0.3 is 18.3 Å². The summed E-state index contributed by atoms with van der Waals surface area (Å²) < 4.78 is 84.3. The SMILES string of the molecule is CC1=C(CN2C=CC2C(=O)O)CCc2cc(OCc3ccc(C(F)(F)F)cc3C(F)(F)F)ccc21.Cl. The van der Waals surface area contributed by atoms with E-state index in [9.17, 15) is 36.2 Å². The van der Waals surface area contributed by atoms with E-state index in [4.69, 9.17) is 4.74 Å². The molecule has 1 aliphatic heterocycles. The normalized spacial score (nSPS) is 17.3. The predicted molar refractivity (Wildman–Crippen MR) is 123 cm³/mol. The van der Waals surface area contributed by atoms with Crippen molar-refractivity contribution in [2.75, 3.05) is 6.54 Å². The highest BCUT2D eigenvalue weighted by atomic mass is 35.5. The highest BCUT2D eigenvalue weighted by Crippen LogP contribution is 2.38. The average molecular weight is 534 g/mol. The first-order chi connectivity index (χ1) is 16.3. The Bertz CT molecular complexity index is 1220. The summed E-state index contributed by atoms with van der Waals surface area (Å²) in [6, 6.07) is 5.97. The van der Waals surface area contributed by atoms with Gasteiger partial charge in [-0.1, -0.05) is 12.1 Å². The van der Waals surface area contributed by atoms with Crippen LogP contribution < -0.4 is 4.74 Å².